The quantitative estimate of drug-likeness (QED) is 0.851. The molecular weight excluding hydrogens is 284 g/mol. The maximum absolute atomic E-state index is 11.8. The zero-order chi connectivity index (χ0) is 13.8. The molecule has 0 radical (unpaired) electrons. The molecule has 0 aliphatic carbocycles. The van der Waals surface area contributed by atoms with Crippen LogP contribution in [0.3, 0.4) is 0 Å². The number of rotatable bonds is 4. The number of anilines is 1. The smallest absolute Gasteiger partial charge is 0.291 e. The van der Waals surface area contributed by atoms with E-state index < -0.39 is 0 Å². The highest BCUT2D eigenvalue weighted by Gasteiger charge is 2.10. The van der Waals surface area contributed by atoms with Crippen molar-refractivity contribution in [1.82, 2.24) is 0 Å². The highest BCUT2D eigenvalue weighted by atomic mass is 35.5. The van der Waals surface area contributed by atoms with Crippen LogP contribution in [0.15, 0.2) is 40.8 Å². The number of thiocarbonyl (C=S) groups is 1. The Morgan fingerprint density at radius 3 is 2.47 bits per heavy atom. The summed E-state index contributed by atoms with van der Waals surface area (Å²) in [6.45, 7) is 0. The summed E-state index contributed by atoms with van der Waals surface area (Å²) in [6.07, 6.45) is 0.539. The van der Waals surface area contributed by atoms with Crippen LogP contribution in [0.5, 0.6) is 0 Å². The van der Waals surface area contributed by atoms with Gasteiger partial charge in [0.15, 0.2) is 11.0 Å². The Labute approximate surface area is 120 Å². The minimum absolute atomic E-state index is 0.164. The Morgan fingerprint density at radius 1 is 1.26 bits per heavy atom. The first-order valence-electron chi connectivity index (χ1n) is 5.48. The molecule has 1 aromatic carbocycles. The fourth-order valence-corrected chi connectivity index (χ4v) is 1.85. The summed E-state index contributed by atoms with van der Waals surface area (Å²) in [7, 11) is 0. The predicted octanol–water partition coefficient (Wildman–Crippen LogP) is 3.01. The second-order valence-electron chi connectivity index (χ2n) is 3.90. The molecule has 98 valence electrons. The molecule has 3 N–H and O–H groups in total. The van der Waals surface area contributed by atoms with Crippen molar-refractivity contribution in [3.63, 3.8) is 0 Å². The maximum atomic E-state index is 11.8. The van der Waals surface area contributed by atoms with Gasteiger partial charge in [0.2, 0.25) is 0 Å². The van der Waals surface area contributed by atoms with Crippen LogP contribution in [0.4, 0.5) is 5.69 Å². The van der Waals surface area contributed by atoms with Gasteiger partial charge in [-0.2, -0.15) is 0 Å². The van der Waals surface area contributed by atoms with Crippen molar-refractivity contribution >= 4 is 40.4 Å². The van der Waals surface area contributed by atoms with Crippen LogP contribution in [0.25, 0.3) is 0 Å². The number of carbonyl (C=O) groups excluding carboxylic acids is 1. The maximum Gasteiger partial charge on any atom is 0.291 e. The molecular formula is C13H11ClN2O2S. The van der Waals surface area contributed by atoms with Gasteiger partial charge in [-0.3, -0.25) is 4.79 Å². The third kappa shape index (κ3) is 3.81. The molecule has 4 nitrogen and oxygen atoms in total. The van der Waals surface area contributed by atoms with Crippen molar-refractivity contribution in [2.24, 2.45) is 5.73 Å². The first-order chi connectivity index (χ1) is 9.04. The Kier molecular flexibility index (Phi) is 4.19. The van der Waals surface area contributed by atoms with Crippen LogP contribution < -0.4 is 11.1 Å². The molecule has 0 unspecified atom stereocenters. The lowest BCUT2D eigenvalue weighted by Crippen LogP contribution is -2.12. The van der Waals surface area contributed by atoms with Crippen molar-refractivity contribution in [1.29, 1.82) is 0 Å². The minimum atomic E-state index is -0.353. The van der Waals surface area contributed by atoms with Crippen molar-refractivity contribution in [2.75, 3.05) is 5.32 Å². The molecule has 2 rings (SSSR count). The topological polar surface area (TPSA) is 68.3 Å². The Hall–Kier alpha value is -1.85. The van der Waals surface area contributed by atoms with E-state index in [9.17, 15) is 4.79 Å². The van der Waals surface area contributed by atoms with Gasteiger partial charge in [-0.1, -0.05) is 24.4 Å². The third-order valence-corrected chi connectivity index (χ3v) is 2.73. The fraction of sp³-hybridized carbons (Fsp3) is 0.0769. The van der Waals surface area contributed by atoms with E-state index in [-0.39, 0.29) is 16.9 Å². The van der Waals surface area contributed by atoms with Crippen LogP contribution >= 0.6 is 23.8 Å². The van der Waals surface area contributed by atoms with Gasteiger partial charge in [0.05, 0.1) is 4.99 Å². The minimum Gasteiger partial charge on any atom is -0.440 e. The average molecular weight is 295 g/mol. The molecule has 2 aromatic rings. The molecule has 0 aliphatic rings. The van der Waals surface area contributed by atoms with Crippen molar-refractivity contribution in [3.8, 4) is 0 Å². The molecule has 1 amide bonds. The summed E-state index contributed by atoms with van der Waals surface area (Å²) in [5, 5.41) is 2.87. The summed E-state index contributed by atoms with van der Waals surface area (Å²) in [4.78, 5) is 12.2. The molecule has 0 fully saturated rings. The Bertz CT molecular complexity index is 607. The summed E-state index contributed by atoms with van der Waals surface area (Å²) >= 11 is 10.4. The number of hydrogen-bond donors (Lipinski definition) is 2. The molecule has 0 saturated carbocycles. The van der Waals surface area contributed by atoms with Crippen molar-refractivity contribution < 1.29 is 9.21 Å². The predicted molar refractivity (Wildman–Crippen MR) is 78.6 cm³/mol. The highest BCUT2D eigenvalue weighted by Crippen LogP contribution is 2.16. The van der Waals surface area contributed by atoms with E-state index in [4.69, 9.17) is 34.0 Å². The number of furan rings is 1. The van der Waals surface area contributed by atoms with E-state index in [1.807, 2.05) is 12.1 Å². The van der Waals surface area contributed by atoms with E-state index in [0.29, 0.717) is 17.1 Å². The zero-order valence-corrected chi connectivity index (χ0v) is 11.4. The normalized spacial score (nSPS) is 10.2. The summed E-state index contributed by atoms with van der Waals surface area (Å²) in [6, 6.07) is 10.3. The van der Waals surface area contributed by atoms with Gasteiger partial charge in [0, 0.05) is 12.1 Å². The number of amides is 1. The number of benzene rings is 1. The van der Waals surface area contributed by atoms with E-state index in [1.54, 1.807) is 12.1 Å². The summed E-state index contributed by atoms with van der Waals surface area (Å²) in [5.74, 6) is -0.189. The highest BCUT2D eigenvalue weighted by molar-refractivity contribution is 7.80. The van der Waals surface area contributed by atoms with E-state index in [0.717, 1.165) is 5.56 Å². The Balaban J connectivity index is 2.03. The molecule has 0 aliphatic heterocycles. The molecule has 0 bridgehead atoms. The second-order valence-corrected chi connectivity index (χ2v) is 4.79. The fourth-order valence-electron chi connectivity index (χ4n) is 1.54. The van der Waals surface area contributed by atoms with Gasteiger partial charge in [-0.15, -0.1) is 0 Å². The molecule has 6 heteroatoms. The van der Waals surface area contributed by atoms with Gasteiger partial charge >= 0.3 is 0 Å². The lowest BCUT2D eigenvalue weighted by Gasteiger charge is -2.04. The lowest BCUT2D eigenvalue weighted by atomic mass is 10.1. The standard InChI is InChI=1S/C13H11ClN2O2S/c14-11-6-5-10(18-11)13(17)16-9-3-1-8(2-4-9)7-12(15)19/h1-6H,7H2,(H2,15,19)(H,16,17). The number of hydrogen-bond acceptors (Lipinski definition) is 3. The zero-order valence-electron chi connectivity index (χ0n) is 9.85. The lowest BCUT2D eigenvalue weighted by molar-refractivity contribution is 0.0997. The number of carbonyl (C=O) groups is 1. The van der Waals surface area contributed by atoms with Crippen LogP contribution in [-0.4, -0.2) is 10.9 Å². The first kappa shape index (κ1) is 13.6. The van der Waals surface area contributed by atoms with Crippen LogP contribution in [-0.2, 0) is 6.42 Å². The van der Waals surface area contributed by atoms with Gasteiger partial charge < -0.3 is 15.5 Å². The second kappa shape index (κ2) is 5.86. The molecule has 0 saturated heterocycles. The summed E-state index contributed by atoms with van der Waals surface area (Å²) in [5.41, 5.74) is 7.11. The van der Waals surface area contributed by atoms with Crippen LogP contribution in [0.1, 0.15) is 16.1 Å². The van der Waals surface area contributed by atoms with Crippen molar-refractivity contribution in [2.45, 2.75) is 6.42 Å². The molecule has 1 heterocycles. The molecule has 0 spiro atoms. The number of nitrogens with one attached hydrogen (secondary N) is 1. The van der Waals surface area contributed by atoms with E-state index in [1.165, 1.54) is 12.1 Å². The Morgan fingerprint density at radius 2 is 1.95 bits per heavy atom. The first-order valence-corrected chi connectivity index (χ1v) is 6.27. The third-order valence-electron chi connectivity index (χ3n) is 2.39. The number of halogens is 1. The average Bonchev–Trinajstić information content (AvgIpc) is 2.78. The largest absolute Gasteiger partial charge is 0.440 e. The molecule has 1 aromatic heterocycles. The van der Waals surface area contributed by atoms with E-state index >= 15 is 0 Å². The molecule has 19 heavy (non-hydrogen) atoms. The monoisotopic (exact) mass is 294 g/mol. The van der Waals surface area contributed by atoms with Gasteiger partial charge in [-0.25, -0.2) is 0 Å². The molecule has 0 atom stereocenters. The number of nitrogens with two attached hydrogens (primary N) is 1. The van der Waals surface area contributed by atoms with Gasteiger partial charge in [0.25, 0.3) is 5.91 Å². The van der Waals surface area contributed by atoms with Gasteiger partial charge in [0.1, 0.15) is 0 Å². The SMILES string of the molecule is NC(=S)Cc1ccc(NC(=O)c2ccc(Cl)o2)cc1. The van der Waals surface area contributed by atoms with Crippen LogP contribution in [0, 0.1) is 0 Å². The van der Waals surface area contributed by atoms with E-state index in [2.05, 4.69) is 5.32 Å². The summed E-state index contributed by atoms with van der Waals surface area (Å²) < 4.78 is 5.01. The van der Waals surface area contributed by atoms with Crippen LogP contribution in [0.2, 0.25) is 5.22 Å². The van der Waals surface area contributed by atoms with Crippen molar-refractivity contribution in [3.05, 3.63) is 52.9 Å². The van der Waals surface area contributed by atoms with Gasteiger partial charge in [-0.05, 0) is 41.4 Å².